The monoisotopic (exact) mass is 156 g/mol. The summed E-state index contributed by atoms with van der Waals surface area (Å²) in [7, 11) is 4.05. The first-order valence-electron chi connectivity index (χ1n) is 4.24. The van der Waals surface area contributed by atoms with Gasteiger partial charge in [-0.15, -0.1) is 0 Å². The van der Waals surface area contributed by atoms with E-state index < -0.39 is 5.60 Å². The van der Waals surface area contributed by atoms with E-state index in [9.17, 15) is 5.11 Å². The third-order valence-electron chi connectivity index (χ3n) is 2.59. The lowest BCUT2D eigenvalue weighted by Crippen LogP contribution is -2.50. The van der Waals surface area contributed by atoms with E-state index in [4.69, 9.17) is 0 Å². The van der Waals surface area contributed by atoms with Crippen molar-refractivity contribution in [2.75, 3.05) is 14.1 Å². The highest BCUT2D eigenvalue weighted by Crippen LogP contribution is 2.29. The van der Waals surface area contributed by atoms with Crippen molar-refractivity contribution in [2.45, 2.75) is 37.8 Å². The van der Waals surface area contributed by atoms with Gasteiger partial charge in [-0.1, -0.05) is 0 Å². The largest absolute Gasteiger partial charge is 0.389 e. The molecule has 1 aliphatic rings. The lowest BCUT2D eigenvalue weighted by molar-refractivity contribution is -0.0356. The Hall–Kier alpha value is -0.0800. The number of nitrogens with zero attached hydrogens (tertiary/aromatic N) is 1. The Labute approximate surface area is 69.2 Å². The van der Waals surface area contributed by atoms with Gasteiger partial charge in [0.05, 0.1) is 5.60 Å². The van der Waals surface area contributed by atoms with Crippen LogP contribution in [-0.4, -0.2) is 35.7 Å². The Morgan fingerprint density at radius 3 is 2.55 bits per heavy atom. The topological polar surface area (TPSA) is 23.5 Å². The molecular formula is C9H18NO. The van der Waals surface area contributed by atoms with Crippen LogP contribution >= 0.6 is 0 Å². The van der Waals surface area contributed by atoms with Gasteiger partial charge >= 0.3 is 0 Å². The van der Waals surface area contributed by atoms with Crippen LogP contribution in [0.25, 0.3) is 0 Å². The molecule has 0 bridgehead atoms. The Bertz CT molecular complexity index is 132. The van der Waals surface area contributed by atoms with Gasteiger partial charge in [-0.3, -0.25) is 0 Å². The van der Waals surface area contributed by atoms with E-state index in [0.717, 1.165) is 19.3 Å². The second-order valence-electron chi connectivity index (χ2n) is 3.90. The van der Waals surface area contributed by atoms with Gasteiger partial charge in [0.15, 0.2) is 0 Å². The van der Waals surface area contributed by atoms with E-state index in [1.807, 2.05) is 21.0 Å². The summed E-state index contributed by atoms with van der Waals surface area (Å²) in [5, 5.41) is 9.94. The van der Waals surface area contributed by atoms with Crippen molar-refractivity contribution in [2.24, 2.45) is 0 Å². The molecule has 1 saturated carbocycles. The molecule has 2 nitrogen and oxygen atoms in total. The highest BCUT2D eigenvalue weighted by molar-refractivity contribution is 4.96. The molecule has 0 aliphatic heterocycles. The smallest absolute Gasteiger partial charge is 0.0774 e. The van der Waals surface area contributed by atoms with E-state index in [-0.39, 0.29) is 0 Å². The van der Waals surface area contributed by atoms with Crippen LogP contribution in [0.2, 0.25) is 0 Å². The maximum atomic E-state index is 9.94. The molecule has 0 saturated heterocycles. The normalized spacial score (nSPS) is 39.5. The first-order valence-corrected chi connectivity index (χ1v) is 4.24. The molecule has 11 heavy (non-hydrogen) atoms. The van der Waals surface area contributed by atoms with Crippen molar-refractivity contribution in [3.63, 3.8) is 0 Å². The van der Waals surface area contributed by atoms with Gasteiger partial charge in [0.2, 0.25) is 0 Å². The van der Waals surface area contributed by atoms with Crippen LogP contribution in [0.15, 0.2) is 0 Å². The summed E-state index contributed by atoms with van der Waals surface area (Å²) < 4.78 is 0. The molecule has 2 unspecified atom stereocenters. The predicted octanol–water partition coefficient (Wildman–Crippen LogP) is 1.06. The van der Waals surface area contributed by atoms with Gasteiger partial charge < -0.3 is 10.0 Å². The molecule has 0 aromatic rings. The van der Waals surface area contributed by atoms with E-state index >= 15 is 0 Å². The molecular weight excluding hydrogens is 138 g/mol. The molecule has 65 valence electrons. The van der Waals surface area contributed by atoms with Crippen LogP contribution in [0.3, 0.4) is 0 Å². The fraction of sp³-hybridized carbons (Fsp3) is 0.889. The summed E-state index contributed by atoms with van der Waals surface area (Å²) in [4.78, 5) is 2.11. The molecule has 1 aliphatic carbocycles. The lowest BCUT2D eigenvalue weighted by atomic mass is 9.81. The molecule has 0 heterocycles. The average molecular weight is 156 g/mol. The number of hydrogen-bond donors (Lipinski definition) is 1. The number of likely N-dealkylation sites (N-methyl/N-ethyl adjacent to an activating group) is 1. The highest BCUT2D eigenvalue weighted by Gasteiger charge is 2.35. The fourth-order valence-corrected chi connectivity index (χ4v) is 1.86. The molecule has 0 spiro atoms. The molecule has 1 radical (unpaired) electrons. The first kappa shape index (κ1) is 9.01. The number of hydrogen-bond acceptors (Lipinski definition) is 2. The van der Waals surface area contributed by atoms with Crippen molar-refractivity contribution >= 4 is 0 Å². The quantitative estimate of drug-likeness (QED) is 0.613. The van der Waals surface area contributed by atoms with Crippen LogP contribution in [0.4, 0.5) is 0 Å². The van der Waals surface area contributed by atoms with Gasteiger partial charge in [0.1, 0.15) is 0 Å². The second-order valence-corrected chi connectivity index (χ2v) is 3.90. The van der Waals surface area contributed by atoms with Gasteiger partial charge in [0, 0.05) is 6.04 Å². The van der Waals surface area contributed by atoms with E-state index in [1.165, 1.54) is 0 Å². The zero-order valence-corrected chi connectivity index (χ0v) is 7.67. The second kappa shape index (κ2) is 3.11. The van der Waals surface area contributed by atoms with Crippen molar-refractivity contribution in [3.05, 3.63) is 6.42 Å². The minimum absolute atomic E-state index is 0.302. The van der Waals surface area contributed by atoms with Gasteiger partial charge in [-0.25, -0.2) is 0 Å². The predicted molar refractivity (Wildman–Crippen MR) is 46.2 cm³/mol. The SMILES string of the molecule is CN(C)C1C[CH]CCC1(C)O. The molecule has 0 amide bonds. The first-order chi connectivity index (χ1) is 5.04. The van der Waals surface area contributed by atoms with Crippen LogP contribution < -0.4 is 0 Å². The van der Waals surface area contributed by atoms with Crippen LogP contribution in [0.5, 0.6) is 0 Å². The average Bonchev–Trinajstić information content (AvgIpc) is 1.85. The van der Waals surface area contributed by atoms with Crippen molar-refractivity contribution < 1.29 is 5.11 Å². The Kier molecular flexibility index (Phi) is 2.55. The van der Waals surface area contributed by atoms with Crippen LogP contribution in [-0.2, 0) is 0 Å². The van der Waals surface area contributed by atoms with Crippen LogP contribution in [0.1, 0.15) is 26.2 Å². The Balaban J connectivity index is 2.60. The molecule has 1 fully saturated rings. The third kappa shape index (κ3) is 1.94. The van der Waals surface area contributed by atoms with Crippen molar-refractivity contribution in [1.29, 1.82) is 0 Å². The zero-order chi connectivity index (χ0) is 8.48. The lowest BCUT2D eigenvalue weighted by Gasteiger charge is -2.40. The van der Waals surface area contributed by atoms with Crippen molar-refractivity contribution in [1.82, 2.24) is 4.90 Å². The summed E-state index contributed by atoms with van der Waals surface area (Å²) in [6.45, 7) is 1.94. The highest BCUT2D eigenvalue weighted by atomic mass is 16.3. The minimum atomic E-state index is -0.488. The van der Waals surface area contributed by atoms with Gasteiger partial charge in [-0.2, -0.15) is 0 Å². The standard InChI is InChI=1S/C9H18NO/c1-9(11)7-5-4-6-8(9)10(2)3/h4,8,11H,5-7H2,1-3H3. The molecule has 1 rings (SSSR count). The number of rotatable bonds is 1. The molecule has 0 aromatic heterocycles. The van der Waals surface area contributed by atoms with Gasteiger partial charge in [0.25, 0.3) is 0 Å². The van der Waals surface area contributed by atoms with Crippen molar-refractivity contribution in [3.8, 4) is 0 Å². The third-order valence-corrected chi connectivity index (χ3v) is 2.59. The Morgan fingerprint density at radius 1 is 1.55 bits per heavy atom. The molecule has 2 heteroatoms. The number of aliphatic hydroxyl groups is 1. The van der Waals surface area contributed by atoms with E-state index in [1.54, 1.807) is 0 Å². The zero-order valence-electron chi connectivity index (χ0n) is 7.67. The molecule has 1 N–H and O–H groups in total. The minimum Gasteiger partial charge on any atom is -0.389 e. The van der Waals surface area contributed by atoms with E-state index in [0.29, 0.717) is 6.04 Å². The summed E-state index contributed by atoms with van der Waals surface area (Å²) in [5.41, 5.74) is -0.488. The fourth-order valence-electron chi connectivity index (χ4n) is 1.86. The van der Waals surface area contributed by atoms with E-state index in [2.05, 4.69) is 11.3 Å². The molecule has 2 atom stereocenters. The maximum Gasteiger partial charge on any atom is 0.0774 e. The summed E-state index contributed by atoms with van der Waals surface area (Å²) in [5.74, 6) is 0. The van der Waals surface area contributed by atoms with Crippen LogP contribution in [0, 0.1) is 6.42 Å². The van der Waals surface area contributed by atoms with Gasteiger partial charge in [-0.05, 0) is 46.7 Å². The summed E-state index contributed by atoms with van der Waals surface area (Å²) in [6, 6.07) is 0.302. The summed E-state index contributed by atoms with van der Waals surface area (Å²) >= 11 is 0. The summed E-state index contributed by atoms with van der Waals surface area (Å²) in [6.07, 6.45) is 5.23. The molecule has 0 aromatic carbocycles. The Morgan fingerprint density at radius 2 is 2.18 bits per heavy atom. The maximum absolute atomic E-state index is 9.94.